The van der Waals surface area contributed by atoms with Crippen LogP contribution in [0.3, 0.4) is 0 Å². The number of nitro benzene ring substituents is 1. The van der Waals surface area contributed by atoms with Crippen molar-refractivity contribution in [2.24, 2.45) is 11.8 Å². The summed E-state index contributed by atoms with van der Waals surface area (Å²) in [4.78, 5) is 40.8. The number of hydrogen-bond donors (Lipinski definition) is 0. The van der Waals surface area contributed by atoms with Gasteiger partial charge in [0, 0.05) is 30.7 Å². The minimum atomic E-state index is -0.497. The number of non-ortho nitro benzene ring substituents is 1. The van der Waals surface area contributed by atoms with Crippen LogP contribution in [0.25, 0.3) is 11.4 Å². The Bertz CT molecular complexity index is 925. The molecule has 2 atom stereocenters. The van der Waals surface area contributed by atoms with E-state index in [0.717, 1.165) is 0 Å². The van der Waals surface area contributed by atoms with Crippen LogP contribution in [0.2, 0.25) is 0 Å². The molecule has 2 aromatic rings. The van der Waals surface area contributed by atoms with Crippen LogP contribution in [0.4, 0.5) is 5.69 Å². The zero-order chi connectivity index (χ0) is 19.0. The van der Waals surface area contributed by atoms with Crippen molar-refractivity contribution in [1.29, 1.82) is 0 Å². The Morgan fingerprint density at radius 1 is 1.19 bits per heavy atom. The highest BCUT2D eigenvalue weighted by atomic mass is 16.6. The molecule has 138 valence electrons. The fourth-order valence-corrected chi connectivity index (χ4v) is 3.53. The zero-order valence-electron chi connectivity index (χ0n) is 14.3. The second-order valence-corrected chi connectivity index (χ2v) is 6.55. The molecule has 1 aliphatic carbocycles. The van der Waals surface area contributed by atoms with Crippen molar-refractivity contribution in [1.82, 2.24) is 15.0 Å². The van der Waals surface area contributed by atoms with Crippen molar-refractivity contribution >= 4 is 17.5 Å². The summed E-state index contributed by atoms with van der Waals surface area (Å²) in [5.74, 6) is -0.312. The number of amides is 2. The molecule has 0 saturated carbocycles. The number of likely N-dealkylation sites (tertiary alicyclic amines) is 1. The highest BCUT2D eigenvalue weighted by Crippen LogP contribution is 2.35. The first-order valence-electron chi connectivity index (χ1n) is 8.62. The molecule has 1 aromatic carbocycles. The van der Waals surface area contributed by atoms with Gasteiger partial charge in [-0.1, -0.05) is 29.4 Å². The van der Waals surface area contributed by atoms with E-state index in [-0.39, 0.29) is 54.0 Å². The topological polar surface area (TPSA) is 119 Å². The van der Waals surface area contributed by atoms with Gasteiger partial charge in [-0.05, 0) is 12.8 Å². The number of imide groups is 1. The standard InChI is InChI=1S/C18H16N4O5/c23-17-13-6-1-2-7-14(13)18(24)21(17)9-8-15-19-16(20-27-15)11-4-3-5-12(10-11)22(25)26/h1-5,10,13-14H,6-9H2. The summed E-state index contributed by atoms with van der Waals surface area (Å²) in [5, 5.41) is 14.7. The Balaban J connectivity index is 1.45. The third-order valence-electron chi connectivity index (χ3n) is 4.93. The molecule has 0 N–H and O–H groups in total. The van der Waals surface area contributed by atoms with E-state index in [1.165, 1.54) is 17.0 Å². The Morgan fingerprint density at radius 2 is 1.89 bits per heavy atom. The minimum absolute atomic E-state index is 0.0664. The second-order valence-electron chi connectivity index (χ2n) is 6.55. The molecule has 1 saturated heterocycles. The van der Waals surface area contributed by atoms with Crippen LogP contribution in [-0.4, -0.2) is 38.3 Å². The minimum Gasteiger partial charge on any atom is -0.339 e. The number of carbonyl (C=O) groups is 2. The van der Waals surface area contributed by atoms with Crippen LogP contribution >= 0.6 is 0 Å². The van der Waals surface area contributed by atoms with E-state index in [2.05, 4.69) is 10.1 Å². The lowest BCUT2D eigenvalue weighted by atomic mass is 9.85. The fraction of sp³-hybridized carbons (Fsp3) is 0.333. The van der Waals surface area contributed by atoms with Crippen molar-refractivity contribution in [2.75, 3.05) is 6.54 Å². The van der Waals surface area contributed by atoms with Crippen LogP contribution in [-0.2, 0) is 16.0 Å². The molecule has 2 amide bonds. The molecule has 9 heteroatoms. The third kappa shape index (κ3) is 3.12. The van der Waals surface area contributed by atoms with Gasteiger partial charge in [-0.3, -0.25) is 24.6 Å². The Hall–Kier alpha value is -3.36. The average molecular weight is 368 g/mol. The van der Waals surface area contributed by atoms with Crippen molar-refractivity contribution in [3.05, 3.63) is 52.4 Å². The second kappa shape index (κ2) is 6.75. The van der Waals surface area contributed by atoms with E-state index < -0.39 is 4.92 Å². The predicted molar refractivity (Wildman–Crippen MR) is 92.2 cm³/mol. The Labute approximate surface area is 153 Å². The summed E-state index contributed by atoms with van der Waals surface area (Å²) in [7, 11) is 0. The van der Waals surface area contributed by atoms with Gasteiger partial charge in [0.2, 0.25) is 23.5 Å². The maximum absolute atomic E-state index is 12.4. The van der Waals surface area contributed by atoms with Crippen LogP contribution in [0.5, 0.6) is 0 Å². The van der Waals surface area contributed by atoms with E-state index in [4.69, 9.17) is 4.52 Å². The van der Waals surface area contributed by atoms with E-state index in [9.17, 15) is 19.7 Å². The quantitative estimate of drug-likeness (QED) is 0.343. The summed E-state index contributed by atoms with van der Waals surface area (Å²) in [6.07, 6.45) is 5.33. The lowest BCUT2D eigenvalue weighted by molar-refractivity contribution is -0.384. The van der Waals surface area contributed by atoms with E-state index in [1.54, 1.807) is 12.1 Å². The highest BCUT2D eigenvalue weighted by Gasteiger charge is 2.46. The van der Waals surface area contributed by atoms with Crippen LogP contribution < -0.4 is 0 Å². The highest BCUT2D eigenvalue weighted by molar-refractivity contribution is 6.05. The van der Waals surface area contributed by atoms with Crippen molar-refractivity contribution in [3.8, 4) is 11.4 Å². The first kappa shape index (κ1) is 17.1. The molecule has 1 fully saturated rings. The van der Waals surface area contributed by atoms with Gasteiger partial charge in [0.1, 0.15) is 0 Å². The van der Waals surface area contributed by atoms with Gasteiger partial charge in [0.15, 0.2) is 0 Å². The van der Waals surface area contributed by atoms with Gasteiger partial charge in [0.25, 0.3) is 5.69 Å². The molecule has 4 rings (SSSR count). The number of nitrogens with zero attached hydrogens (tertiary/aromatic N) is 4. The monoisotopic (exact) mass is 368 g/mol. The van der Waals surface area contributed by atoms with E-state index >= 15 is 0 Å². The first-order valence-corrected chi connectivity index (χ1v) is 8.62. The molecule has 27 heavy (non-hydrogen) atoms. The van der Waals surface area contributed by atoms with Crippen LogP contribution in [0.1, 0.15) is 18.7 Å². The largest absolute Gasteiger partial charge is 0.339 e. The number of aromatic nitrogens is 2. The summed E-state index contributed by atoms with van der Waals surface area (Å²) in [5.41, 5.74) is 0.396. The van der Waals surface area contributed by atoms with Gasteiger partial charge in [-0.2, -0.15) is 4.98 Å². The number of hydrogen-bond acceptors (Lipinski definition) is 7. The normalized spacial score (nSPS) is 21.6. The molecule has 2 heterocycles. The molecule has 1 aliphatic heterocycles. The number of carbonyl (C=O) groups excluding carboxylic acids is 2. The van der Waals surface area contributed by atoms with Gasteiger partial charge < -0.3 is 4.52 Å². The fourth-order valence-electron chi connectivity index (χ4n) is 3.53. The lowest BCUT2D eigenvalue weighted by Crippen LogP contribution is -2.33. The lowest BCUT2D eigenvalue weighted by Gasteiger charge is -2.14. The molecular formula is C18H16N4O5. The van der Waals surface area contributed by atoms with Crippen molar-refractivity contribution in [2.45, 2.75) is 19.3 Å². The number of fused-ring (bicyclic) bond motifs is 1. The smallest absolute Gasteiger partial charge is 0.270 e. The maximum Gasteiger partial charge on any atom is 0.270 e. The molecule has 0 spiro atoms. The first-order chi connectivity index (χ1) is 13.0. The summed E-state index contributed by atoms with van der Waals surface area (Å²) >= 11 is 0. The summed E-state index contributed by atoms with van der Waals surface area (Å²) < 4.78 is 5.18. The maximum atomic E-state index is 12.4. The van der Waals surface area contributed by atoms with Gasteiger partial charge in [-0.15, -0.1) is 0 Å². The predicted octanol–water partition coefficient (Wildman–Crippen LogP) is 2.14. The molecule has 1 aromatic heterocycles. The number of rotatable bonds is 5. The van der Waals surface area contributed by atoms with E-state index in [1.807, 2.05) is 12.2 Å². The molecule has 0 radical (unpaired) electrons. The molecule has 2 aliphatic rings. The van der Waals surface area contributed by atoms with E-state index in [0.29, 0.717) is 18.4 Å². The van der Waals surface area contributed by atoms with Crippen molar-refractivity contribution < 1.29 is 19.0 Å². The average Bonchev–Trinajstić information content (AvgIpc) is 3.25. The number of benzene rings is 1. The Kier molecular flexibility index (Phi) is 4.27. The van der Waals surface area contributed by atoms with Crippen LogP contribution in [0.15, 0.2) is 40.9 Å². The van der Waals surface area contributed by atoms with Gasteiger partial charge >= 0.3 is 0 Å². The third-order valence-corrected chi connectivity index (χ3v) is 4.93. The SMILES string of the molecule is O=C1C2CC=CCC2C(=O)N1CCc1nc(-c2cccc([N+](=O)[O-])c2)no1. The summed E-state index contributed by atoms with van der Waals surface area (Å²) in [6, 6.07) is 5.93. The number of allylic oxidation sites excluding steroid dienone is 2. The van der Waals surface area contributed by atoms with Gasteiger partial charge in [-0.25, -0.2) is 0 Å². The van der Waals surface area contributed by atoms with Crippen LogP contribution in [0, 0.1) is 22.0 Å². The molecule has 0 bridgehead atoms. The molecule has 9 nitrogen and oxygen atoms in total. The van der Waals surface area contributed by atoms with Gasteiger partial charge in [0.05, 0.1) is 16.8 Å². The number of nitro groups is 1. The Morgan fingerprint density at radius 3 is 2.56 bits per heavy atom. The zero-order valence-corrected chi connectivity index (χ0v) is 14.3. The molecular weight excluding hydrogens is 352 g/mol. The molecule has 2 unspecified atom stereocenters. The summed E-state index contributed by atoms with van der Waals surface area (Å²) in [6.45, 7) is 0.182. The van der Waals surface area contributed by atoms with Crippen molar-refractivity contribution in [3.63, 3.8) is 0 Å².